The molecule has 0 aliphatic heterocycles. The normalized spacial score (nSPS) is 17.4. The molecule has 0 bridgehead atoms. The van der Waals surface area contributed by atoms with Crippen molar-refractivity contribution in [1.82, 2.24) is 14.9 Å². The predicted octanol–water partition coefficient (Wildman–Crippen LogP) is 2.47. The number of nitrogens with zero attached hydrogens (tertiary/aromatic N) is 3. The van der Waals surface area contributed by atoms with Gasteiger partial charge in [0.05, 0.1) is 6.61 Å². The van der Waals surface area contributed by atoms with Crippen molar-refractivity contribution in [3.05, 3.63) is 11.8 Å². The molecule has 112 valence electrons. The first-order valence-electron chi connectivity index (χ1n) is 7.45. The number of likely N-dealkylation sites (N-methyl/N-ethyl adjacent to an activating group) is 1. The molecule has 1 aliphatic rings. The van der Waals surface area contributed by atoms with Crippen LogP contribution in [-0.4, -0.2) is 47.7 Å². The molecule has 0 radical (unpaired) electrons. The Hall–Kier alpha value is -1.36. The van der Waals surface area contributed by atoms with Crippen molar-refractivity contribution >= 4 is 5.95 Å². The average Bonchev–Trinajstić information content (AvgIpc) is 2.86. The summed E-state index contributed by atoms with van der Waals surface area (Å²) in [5.41, 5.74) is 1.16. The van der Waals surface area contributed by atoms with E-state index in [2.05, 4.69) is 34.3 Å². The van der Waals surface area contributed by atoms with Crippen molar-refractivity contribution < 1.29 is 4.74 Å². The van der Waals surface area contributed by atoms with E-state index in [1.807, 2.05) is 19.9 Å². The molecule has 0 atom stereocenters. The summed E-state index contributed by atoms with van der Waals surface area (Å²) in [6, 6.07) is 1.87. The number of aromatic nitrogens is 2. The number of rotatable bonds is 6. The summed E-state index contributed by atoms with van der Waals surface area (Å²) in [4.78, 5) is 11.2. The maximum atomic E-state index is 5.47. The molecule has 5 nitrogen and oxygen atoms in total. The van der Waals surface area contributed by atoms with E-state index in [9.17, 15) is 0 Å². The molecule has 1 heterocycles. The lowest BCUT2D eigenvalue weighted by Crippen LogP contribution is -2.47. The fourth-order valence-corrected chi connectivity index (χ4v) is 2.90. The van der Waals surface area contributed by atoms with Crippen molar-refractivity contribution in [2.45, 2.75) is 45.1 Å². The zero-order chi connectivity index (χ0) is 14.6. The molecule has 1 aromatic rings. The molecule has 1 N–H and O–H groups in total. The first kappa shape index (κ1) is 15.0. The molecule has 1 aliphatic carbocycles. The summed E-state index contributed by atoms with van der Waals surface area (Å²) >= 11 is 0. The first-order valence-corrected chi connectivity index (χ1v) is 7.45. The van der Waals surface area contributed by atoms with Crippen molar-refractivity contribution in [2.24, 2.45) is 0 Å². The van der Waals surface area contributed by atoms with Crippen LogP contribution >= 0.6 is 0 Å². The Labute approximate surface area is 121 Å². The van der Waals surface area contributed by atoms with Crippen LogP contribution in [0.15, 0.2) is 6.07 Å². The molecule has 0 saturated heterocycles. The van der Waals surface area contributed by atoms with Gasteiger partial charge in [-0.25, -0.2) is 4.98 Å². The van der Waals surface area contributed by atoms with Gasteiger partial charge in [-0.05, 0) is 40.8 Å². The van der Waals surface area contributed by atoms with E-state index < -0.39 is 0 Å². The maximum Gasteiger partial charge on any atom is 0.226 e. The predicted molar refractivity (Wildman–Crippen MR) is 81.3 cm³/mol. The minimum atomic E-state index is 0.235. The Morgan fingerprint density at radius 1 is 1.30 bits per heavy atom. The Bertz CT molecular complexity index is 441. The van der Waals surface area contributed by atoms with Gasteiger partial charge in [0.25, 0.3) is 0 Å². The van der Waals surface area contributed by atoms with Crippen LogP contribution in [0.1, 0.15) is 38.3 Å². The van der Waals surface area contributed by atoms with E-state index in [0.717, 1.165) is 12.2 Å². The number of ether oxygens (including phenoxy) is 1. The lowest BCUT2D eigenvalue weighted by Gasteiger charge is -2.36. The van der Waals surface area contributed by atoms with E-state index >= 15 is 0 Å². The van der Waals surface area contributed by atoms with E-state index in [1.54, 1.807) is 0 Å². The maximum absolute atomic E-state index is 5.47. The van der Waals surface area contributed by atoms with Crippen molar-refractivity contribution in [3.8, 4) is 5.88 Å². The summed E-state index contributed by atoms with van der Waals surface area (Å²) in [6.45, 7) is 5.43. The summed E-state index contributed by atoms with van der Waals surface area (Å²) in [6.07, 6.45) is 5.08. The fraction of sp³-hybridized carbons (Fsp3) is 0.733. The topological polar surface area (TPSA) is 50.3 Å². The summed E-state index contributed by atoms with van der Waals surface area (Å²) in [7, 11) is 4.32. The zero-order valence-electron chi connectivity index (χ0n) is 13.1. The first-order chi connectivity index (χ1) is 9.55. The van der Waals surface area contributed by atoms with Crippen LogP contribution < -0.4 is 10.1 Å². The summed E-state index contributed by atoms with van der Waals surface area (Å²) in [5, 5.41) is 3.40. The van der Waals surface area contributed by atoms with Crippen molar-refractivity contribution in [2.75, 3.05) is 32.6 Å². The smallest absolute Gasteiger partial charge is 0.226 e. The Morgan fingerprint density at radius 2 is 2.00 bits per heavy atom. The van der Waals surface area contributed by atoms with Gasteiger partial charge in [-0.2, -0.15) is 4.98 Å². The minimum Gasteiger partial charge on any atom is -0.478 e. The summed E-state index contributed by atoms with van der Waals surface area (Å²) < 4.78 is 5.47. The molecule has 0 unspecified atom stereocenters. The minimum absolute atomic E-state index is 0.235. The molecular weight excluding hydrogens is 252 g/mol. The highest BCUT2D eigenvalue weighted by Crippen LogP contribution is 2.33. The average molecular weight is 278 g/mol. The number of aryl methyl sites for hydroxylation is 1. The van der Waals surface area contributed by atoms with E-state index in [4.69, 9.17) is 4.74 Å². The third-order valence-electron chi connectivity index (χ3n) is 4.18. The Morgan fingerprint density at radius 3 is 2.60 bits per heavy atom. The molecule has 2 rings (SSSR count). The molecule has 0 aromatic carbocycles. The van der Waals surface area contributed by atoms with Crippen molar-refractivity contribution in [1.29, 1.82) is 0 Å². The molecule has 1 saturated carbocycles. The lowest BCUT2D eigenvalue weighted by molar-refractivity contribution is 0.172. The van der Waals surface area contributed by atoms with Crippen LogP contribution in [0, 0.1) is 6.92 Å². The second kappa shape index (κ2) is 6.39. The molecule has 0 amide bonds. The van der Waals surface area contributed by atoms with Crippen LogP contribution in [0.4, 0.5) is 5.95 Å². The van der Waals surface area contributed by atoms with E-state index in [1.165, 1.54) is 25.7 Å². The number of anilines is 1. The second-order valence-corrected chi connectivity index (χ2v) is 5.78. The van der Waals surface area contributed by atoms with Gasteiger partial charge < -0.3 is 15.0 Å². The van der Waals surface area contributed by atoms with Gasteiger partial charge in [0.1, 0.15) is 0 Å². The van der Waals surface area contributed by atoms with Gasteiger partial charge in [0, 0.05) is 23.8 Å². The van der Waals surface area contributed by atoms with Crippen LogP contribution in [0.25, 0.3) is 0 Å². The van der Waals surface area contributed by atoms with Gasteiger partial charge in [0.15, 0.2) is 0 Å². The zero-order valence-corrected chi connectivity index (χ0v) is 13.1. The quantitative estimate of drug-likeness (QED) is 0.866. The highest BCUT2D eigenvalue weighted by molar-refractivity contribution is 5.31. The molecular formula is C15H26N4O. The van der Waals surface area contributed by atoms with Crippen LogP contribution in [-0.2, 0) is 0 Å². The van der Waals surface area contributed by atoms with E-state index in [0.29, 0.717) is 18.4 Å². The molecule has 1 fully saturated rings. The second-order valence-electron chi connectivity index (χ2n) is 5.78. The van der Waals surface area contributed by atoms with Crippen LogP contribution in [0.2, 0.25) is 0 Å². The van der Waals surface area contributed by atoms with Gasteiger partial charge in [0.2, 0.25) is 11.8 Å². The third-order valence-corrected chi connectivity index (χ3v) is 4.18. The fourth-order valence-electron chi connectivity index (χ4n) is 2.90. The monoisotopic (exact) mass is 278 g/mol. The number of hydrogen-bond acceptors (Lipinski definition) is 5. The van der Waals surface area contributed by atoms with Crippen LogP contribution in [0.3, 0.4) is 0 Å². The van der Waals surface area contributed by atoms with Gasteiger partial charge >= 0.3 is 0 Å². The van der Waals surface area contributed by atoms with E-state index in [-0.39, 0.29) is 5.54 Å². The SMILES string of the molecule is CCOc1cc(C)nc(NCC2(N(C)C)CCCC2)n1. The van der Waals surface area contributed by atoms with Crippen molar-refractivity contribution in [3.63, 3.8) is 0 Å². The molecule has 5 heteroatoms. The number of hydrogen-bond donors (Lipinski definition) is 1. The molecule has 1 aromatic heterocycles. The third kappa shape index (κ3) is 3.39. The van der Waals surface area contributed by atoms with Crippen LogP contribution in [0.5, 0.6) is 5.88 Å². The molecule has 0 spiro atoms. The van der Waals surface area contributed by atoms with Gasteiger partial charge in [-0.15, -0.1) is 0 Å². The highest BCUT2D eigenvalue weighted by Gasteiger charge is 2.35. The number of nitrogens with one attached hydrogen (secondary N) is 1. The molecule has 20 heavy (non-hydrogen) atoms. The Balaban J connectivity index is 2.06. The van der Waals surface area contributed by atoms with Gasteiger partial charge in [-0.1, -0.05) is 12.8 Å². The highest BCUT2D eigenvalue weighted by atomic mass is 16.5. The lowest BCUT2D eigenvalue weighted by atomic mass is 9.96. The summed E-state index contributed by atoms with van der Waals surface area (Å²) in [5.74, 6) is 1.31. The Kier molecular flexibility index (Phi) is 4.81. The largest absolute Gasteiger partial charge is 0.478 e. The van der Waals surface area contributed by atoms with Gasteiger partial charge in [-0.3, -0.25) is 0 Å². The standard InChI is InChI=1S/C15H26N4O/c1-5-20-13-10-12(2)17-14(18-13)16-11-15(19(3)4)8-6-7-9-15/h10H,5-9,11H2,1-4H3,(H,16,17,18).